The predicted molar refractivity (Wildman–Crippen MR) is 91.6 cm³/mol. The van der Waals surface area contributed by atoms with E-state index in [1.165, 1.54) is 23.8 Å². The third-order valence-corrected chi connectivity index (χ3v) is 4.17. The Morgan fingerprint density at radius 2 is 1.90 bits per heavy atom. The van der Waals surface area contributed by atoms with Crippen molar-refractivity contribution in [2.45, 2.75) is 53.0 Å². The molecule has 1 aromatic heterocycles. The van der Waals surface area contributed by atoms with Gasteiger partial charge in [-0.2, -0.15) is 0 Å². The van der Waals surface area contributed by atoms with Gasteiger partial charge in [0, 0.05) is 17.6 Å². The van der Waals surface area contributed by atoms with Gasteiger partial charge in [0.2, 0.25) is 0 Å². The number of hydrogen-bond acceptors (Lipinski definition) is 2. The molecule has 2 rings (SSSR count). The minimum atomic E-state index is 0.316. The van der Waals surface area contributed by atoms with Crippen LogP contribution < -0.4 is 5.32 Å². The Hall–Kier alpha value is -1.41. The summed E-state index contributed by atoms with van der Waals surface area (Å²) >= 11 is 0. The average Bonchev–Trinajstić information content (AvgIpc) is 2.45. The number of rotatable bonds is 6. The van der Waals surface area contributed by atoms with Crippen LogP contribution in [0.3, 0.4) is 0 Å². The molecule has 0 aliphatic carbocycles. The van der Waals surface area contributed by atoms with Crippen molar-refractivity contribution in [1.82, 2.24) is 10.3 Å². The molecule has 1 atom stereocenters. The van der Waals surface area contributed by atoms with Crippen LogP contribution in [-0.4, -0.2) is 17.6 Å². The molecule has 0 saturated carbocycles. The molecule has 0 saturated heterocycles. The lowest BCUT2D eigenvalue weighted by Gasteiger charge is -2.31. The Kier molecular flexibility index (Phi) is 5.35. The van der Waals surface area contributed by atoms with Crippen molar-refractivity contribution in [3.05, 3.63) is 42.1 Å². The first-order chi connectivity index (χ1) is 10.0. The lowest BCUT2D eigenvalue weighted by atomic mass is 9.83. The van der Waals surface area contributed by atoms with Crippen molar-refractivity contribution in [3.63, 3.8) is 0 Å². The summed E-state index contributed by atoms with van der Waals surface area (Å²) in [6, 6.07) is 11.2. The van der Waals surface area contributed by atoms with E-state index in [-0.39, 0.29) is 0 Å². The molecule has 0 fully saturated rings. The van der Waals surface area contributed by atoms with Gasteiger partial charge in [-0.15, -0.1) is 0 Å². The molecule has 0 amide bonds. The molecule has 1 aromatic carbocycles. The number of aryl methyl sites for hydroxylation is 1. The zero-order chi connectivity index (χ0) is 15.3. The standard InChI is InChI=1S/C19H28N2/c1-5-20-18(19(2,3)4)12-8-9-15-13-14-21-17-11-7-6-10-16(15)17/h6-7,10-11,13-14,18,20H,5,8-9,12H2,1-4H3. The molecule has 0 aliphatic heterocycles. The third kappa shape index (κ3) is 4.28. The van der Waals surface area contributed by atoms with Gasteiger partial charge in [0.1, 0.15) is 0 Å². The number of nitrogens with zero attached hydrogens (tertiary/aromatic N) is 1. The lowest BCUT2D eigenvalue weighted by Crippen LogP contribution is -2.40. The van der Waals surface area contributed by atoms with Crippen molar-refractivity contribution in [2.75, 3.05) is 6.54 Å². The van der Waals surface area contributed by atoms with Gasteiger partial charge in [-0.25, -0.2) is 0 Å². The van der Waals surface area contributed by atoms with Crippen molar-refractivity contribution >= 4 is 10.9 Å². The van der Waals surface area contributed by atoms with E-state index in [4.69, 9.17) is 0 Å². The maximum Gasteiger partial charge on any atom is 0.0704 e. The molecule has 114 valence electrons. The van der Waals surface area contributed by atoms with E-state index in [0.717, 1.165) is 18.5 Å². The minimum Gasteiger partial charge on any atom is -0.314 e. The van der Waals surface area contributed by atoms with Crippen LogP contribution in [0.5, 0.6) is 0 Å². The van der Waals surface area contributed by atoms with E-state index in [2.05, 4.69) is 68.3 Å². The van der Waals surface area contributed by atoms with Crippen LogP contribution in [-0.2, 0) is 6.42 Å². The highest BCUT2D eigenvalue weighted by Gasteiger charge is 2.22. The van der Waals surface area contributed by atoms with Crippen LogP contribution in [0.1, 0.15) is 46.1 Å². The van der Waals surface area contributed by atoms with Crippen LogP contribution in [0, 0.1) is 5.41 Å². The van der Waals surface area contributed by atoms with E-state index in [0.29, 0.717) is 11.5 Å². The predicted octanol–water partition coefficient (Wildman–Crippen LogP) is 4.58. The number of fused-ring (bicyclic) bond motifs is 1. The van der Waals surface area contributed by atoms with Crippen LogP contribution in [0.25, 0.3) is 10.9 Å². The first-order valence-electron chi connectivity index (χ1n) is 8.08. The van der Waals surface area contributed by atoms with Gasteiger partial charge in [0.05, 0.1) is 5.52 Å². The van der Waals surface area contributed by atoms with Gasteiger partial charge in [-0.3, -0.25) is 4.98 Å². The third-order valence-electron chi connectivity index (χ3n) is 4.17. The SMILES string of the molecule is CCNC(CCCc1ccnc2ccccc12)C(C)(C)C. The minimum absolute atomic E-state index is 0.316. The zero-order valence-electron chi connectivity index (χ0n) is 13.8. The molecular formula is C19H28N2. The summed E-state index contributed by atoms with van der Waals surface area (Å²) in [5.41, 5.74) is 2.84. The summed E-state index contributed by atoms with van der Waals surface area (Å²) in [6.45, 7) is 10.2. The quantitative estimate of drug-likeness (QED) is 0.839. The first-order valence-corrected chi connectivity index (χ1v) is 8.08. The molecule has 0 aliphatic rings. The topological polar surface area (TPSA) is 24.9 Å². The Morgan fingerprint density at radius 3 is 2.62 bits per heavy atom. The highest BCUT2D eigenvalue weighted by molar-refractivity contribution is 5.81. The number of hydrogen-bond donors (Lipinski definition) is 1. The molecule has 1 N–H and O–H groups in total. The summed E-state index contributed by atoms with van der Waals surface area (Å²) in [7, 11) is 0. The van der Waals surface area contributed by atoms with Gasteiger partial charge in [0.25, 0.3) is 0 Å². The van der Waals surface area contributed by atoms with Gasteiger partial charge >= 0.3 is 0 Å². The summed E-state index contributed by atoms with van der Waals surface area (Å²) in [5.74, 6) is 0. The highest BCUT2D eigenvalue weighted by atomic mass is 14.9. The maximum atomic E-state index is 4.44. The summed E-state index contributed by atoms with van der Waals surface area (Å²) < 4.78 is 0. The van der Waals surface area contributed by atoms with Crippen molar-refractivity contribution < 1.29 is 0 Å². The summed E-state index contributed by atoms with van der Waals surface area (Å²) in [5, 5.41) is 4.94. The number of nitrogens with one attached hydrogen (secondary N) is 1. The number of benzene rings is 1. The van der Waals surface area contributed by atoms with E-state index >= 15 is 0 Å². The number of pyridine rings is 1. The molecule has 0 spiro atoms. The first kappa shape index (κ1) is 16.0. The van der Waals surface area contributed by atoms with E-state index in [1.807, 2.05) is 6.20 Å². The zero-order valence-corrected chi connectivity index (χ0v) is 13.8. The smallest absolute Gasteiger partial charge is 0.0704 e. The second kappa shape index (κ2) is 7.04. The van der Waals surface area contributed by atoms with E-state index in [1.54, 1.807) is 0 Å². The van der Waals surface area contributed by atoms with Crippen molar-refractivity contribution in [3.8, 4) is 0 Å². The number of aromatic nitrogens is 1. The lowest BCUT2D eigenvalue weighted by molar-refractivity contribution is 0.254. The van der Waals surface area contributed by atoms with Crippen LogP contribution in [0.15, 0.2) is 36.5 Å². The highest BCUT2D eigenvalue weighted by Crippen LogP contribution is 2.24. The fourth-order valence-electron chi connectivity index (χ4n) is 2.96. The molecule has 0 bridgehead atoms. The molecule has 2 nitrogen and oxygen atoms in total. The van der Waals surface area contributed by atoms with Gasteiger partial charge < -0.3 is 5.32 Å². The number of para-hydroxylation sites is 1. The Bertz CT molecular complexity index is 564. The van der Waals surface area contributed by atoms with Gasteiger partial charge in [-0.1, -0.05) is 45.9 Å². The molecule has 21 heavy (non-hydrogen) atoms. The average molecular weight is 284 g/mol. The van der Waals surface area contributed by atoms with Crippen LogP contribution in [0.4, 0.5) is 0 Å². The summed E-state index contributed by atoms with van der Waals surface area (Å²) in [6.07, 6.45) is 5.49. The second-order valence-corrected chi connectivity index (χ2v) is 6.86. The summed E-state index contributed by atoms with van der Waals surface area (Å²) in [4.78, 5) is 4.44. The Labute approximate surface area is 129 Å². The Morgan fingerprint density at radius 1 is 1.14 bits per heavy atom. The van der Waals surface area contributed by atoms with Crippen molar-refractivity contribution in [2.24, 2.45) is 5.41 Å². The normalized spacial score (nSPS) is 13.5. The van der Waals surface area contributed by atoms with Crippen LogP contribution in [0.2, 0.25) is 0 Å². The van der Waals surface area contributed by atoms with Gasteiger partial charge in [0.15, 0.2) is 0 Å². The molecule has 2 heteroatoms. The fraction of sp³-hybridized carbons (Fsp3) is 0.526. The van der Waals surface area contributed by atoms with Crippen molar-refractivity contribution in [1.29, 1.82) is 0 Å². The van der Waals surface area contributed by atoms with Gasteiger partial charge in [-0.05, 0) is 48.9 Å². The van der Waals surface area contributed by atoms with Crippen LogP contribution >= 0.6 is 0 Å². The molecule has 1 unspecified atom stereocenters. The molecular weight excluding hydrogens is 256 g/mol. The Balaban J connectivity index is 2.01. The van der Waals surface area contributed by atoms with E-state index in [9.17, 15) is 0 Å². The van der Waals surface area contributed by atoms with E-state index < -0.39 is 0 Å². The second-order valence-electron chi connectivity index (χ2n) is 6.86. The maximum absolute atomic E-state index is 4.44. The molecule has 0 radical (unpaired) electrons. The largest absolute Gasteiger partial charge is 0.314 e. The molecule has 2 aromatic rings. The fourth-order valence-corrected chi connectivity index (χ4v) is 2.96. The molecule has 1 heterocycles. The monoisotopic (exact) mass is 284 g/mol.